The Bertz CT molecular complexity index is 573. The first kappa shape index (κ1) is 18.1. The lowest BCUT2D eigenvalue weighted by atomic mass is 9.81. The summed E-state index contributed by atoms with van der Waals surface area (Å²) in [6.07, 6.45) is 6.00. The van der Waals surface area contributed by atoms with Gasteiger partial charge in [-0.05, 0) is 61.3 Å². The number of nitrogens with two attached hydrogens (primary N) is 1. The summed E-state index contributed by atoms with van der Waals surface area (Å²) in [5.41, 5.74) is 8.74. The molecule has 4 heteroatoms. The topological polar surface area (TPSA) is 48.1 Å². The molecule has 3 rings (SSSR count). The van der Waals surface area contributed by atoms with Crippen LogP contribution >= 0.6 is 11.8 Å². The molecule has 2 heterocycles. The predicted octanol–water partition coefficient (Wildman–Crippen LogP) is 4.97. The van der Waals surface area contributed by atoms with Gasteiger partial charge in [-0.1, -0.05) is 26.8 Å². The first-order chi connectivity index (χ1) is 11.4. The smallest absolute Gasteiger partial charge is 0.127 e. The van der Waals surface area contributed by atoms with Crippen molar-refractivity contribution in [2.75, 3.05) is 18.6 Å². The van der Waals surface area contributed by atoms with Crippen molar-refractivity contribution in [3.05, 3.63) is 23.4 Å². The number of nitrogens with zero attached hydrogens (tertiary/aromatic N) is 1. The lowest BCUT2D eigenvalue weighted by Crippen LogP contribution is -2.43. The number of thioether (sulfide) groups is 1. The fraction of sp³-hybridized carbons (Fsp3) is 0.750. The SMILES string of the molecule is COC1(C(C)C)CCSC(CC(C)c2ccc(C3CC3)nc2N)C1. The monoisotopic (exact) mass is 348 g/mol. The van der Waals surface area contributed by atoms with Crippen molar-refractivity contribution >= 4 is 17.6 Å². The third-order valence-electron chi connectivity index (χ3n) is 6.03. The molecule has 0 bridgehead atoms. The van der Waals surface area contributed by atoms with Crippen molar-refractivity contribution in [1.82, 2.24) is 4.98 Å². The van der Waals surface area contributed by atoms with Crippen molar-refractivity contribution in [3.63, 3.8) is 0 Å². The number of nitrogen functional groups attached to an aromatic ring is 1. The van der Waals surface area contributed by atoms with E-state index in [9.17, 15) is 0 Å². The minimum Gasteiger partial charge on any atom is -0.383 e. The Hall–Kier alpha value is -0.740. The zero-order chi connectivity index (χ0) is 17.3. The Balaban J connectivity index is 1.66. The van der Waals surface area contributed by atoms with Crippen LogP contribution in [0.4, 0.5) is 5.82 Å². The van der Waals surface area contributed by atoms with Crippen LogP contribution < -0.4 is 5.73 Å². The quantitative estimate of drug-likeness (QED) is 0.788. The van der Waals surface area contributed by atoms with E-state index in [1.54, 1.807) is 0 Å². The van der Waals surface area contributed by atoms with Crippen molar-refractivity contribution in [2.24, 2.45) is 5.92 Å². The van der Waals surface area contributed by atoms with E-state index in [1.165, 1.54) is 29.9 Å². The lowest BCUT2D eigenvalue weighted by Gasteiger charge is -2.43. The maximum absolute atomic E-state index is 6.28. The first-order valence-corrected chi connectivity index (χ1v) is 10.4. The van der Waals surface area contributed by atoms with Gasteiger partial charge in [-0.3, -0.25) is 0 Å². The molecule has 2 aliphatic rings. The average molecular weight is 349 g/mol. The van der Waals surface area contributed by atoms with E-state index < -0.39 is 0 Å². The maximum atomic E-state index is 6.28. The highest BCUT2D eigenvalue weighted by atomic mass is 32.2. The second-order valence-electron chi connectivity index (χ2n) is 7.99. The summed E-state index contributed by atoms with van der Waals surface area (Å²) in [6.45, 7) is 6.88. The highest BCUT2D eigenvalue weighted by molar-refractivity contribution is 7.99. The van der Waals surface area contributed by atoms with Gasteiger partial charge in [0.15, 0.2) is 0 Å². The zero-order valence-electron chi connectivity index (χ0n) is 15.5. The van der Waals surface area contributed by atoms with Gasteiger partial charge in [-0.2, -0.15) is 11.8 Å². The van der Waals surface area contributed by atoms with Gasteiger partial charge in [0.1, 0.15) is 5.82 Å². The van der Waals surface area contributed by atoms with Crippen LogP contribution in [0.5, 0.6) is 0 Å². The lowest BCUT2D eigenvalue weighted by molar-refractivity contribution is -0.0594. The van der Waals surface area contributed by atoms with E-state index in [4.69, 9.17) is 10.5 Å². The number of anilines is 1. The van der Waals surface area contributed by atoms with E-state index in [0.29, 0.717) is 23.0 Å². The summed E-state index contributed by atoms with van der Waals surface area (Å²) in [6, 6.07) is 4.42. The molecule has 3 atom stereocenters. The highest BCUT2D eigenvalue weighted by Crippen LogP contribution is 2.44. The average Bonchev–Trinajstić information content (AvgIpc) is 3.39. The summed E-state index contributed by atoms with van der Waals surface area (Å²) in [7, 11) is 1.88. The number of hydrogen-bond acceptors (Lipinski definition) is 4. The molecule has 0 amide bonds. The molecule has 3 nitrogen and oxygen atoms in total. The molecular weight excluding hydrogens is 316 g/mol. The summed E-state index contributed by atoms with van der Waals surface area (Å²) >= 11 is 2.10. The predicted molar refractivity (Wildman–Crippen MR) is 104 cm³/mol. The van der Waals surface area contributed by atoms with Crippen molar-refractivity contribution in [2.45, 2.75) is 75.6 Å². The number of hydrogen-bond donors (Lipinski definition) is 1. The Kier molecular flexibility index (Phi) is 5.45. The van der Waals surface area contributed by atoms with Crippen LogP contribution in [0.1, 0.15) is 76.0 Å². The van der Waals surface area contributed by atoms with Gasteiger partial charge in [-0.15, -0.1) is 0 Å². The Morgan fingerprint density at radius 3 is 2.67 bits per heavy atom. The number of ether oxygens (including phenoxy) is 1. The van der Waals surface area contributed by atoms with Gasteiger partial charge in [0.05, 0.1) is 5.60 Å². The van der Waals surface area contributed by atoms with E-state index in [-0.39, 0.29) is 5.60 Å². The third kappa shape index (κ3) is 3.75. The molecule has 3 unspecified atom stereocenters. The minimum atomic E-state index is 0.0509. The van der Waals surface area contributed by atoms with Gasteiger partial charge in [0.2, 0.25) is 0 Å². The zero-order valence-corrected chi connectivity index (χ0v) is 16.4. The van der Waals surface area contributed by atoms with E-state index in [0.717, 1.165) is 25.1 Å². The highest BCUT2D eigenvalue weighted by Gasteiger charge is 2.40. The minimum absolute atomic E-state index is 0.0509. The van der Waals surface area contributed by atoms with Gasteiger partial charge in [0, 0.05) is 24.0 Å². The molecule has 1 aliphatic carbocycles. The fourth-order valence-electron chi connectivity index (χ4n) is 4.09. The fourth-order valence-corrected chi connectivity index (χ4v) is 5.71. The molecule has 24 heavy (non-hydrogen) atoms. The molecule has 1 aliphatic heterocycles. The second-order valence-corrected chi connectivity index (χ2v) is 9.40. The van der Waals surface area contributed by atoms with Gasteiger partial charge in [0.25, 0.3) is 0 Å². The van der Waals surface area contributed by atoms with Gasteiger partial charge >= 0.3 is 0 Å². The largest absolute Gasteiger partial charge is 0.383 e. The number of aromatic nitrogens is 1. The normalized spacial score (nSPS) is 29.0. The molecule has 2 fully saturated rings. The van der Waals surface area contributed by atoms with Crippen molar-refractivity contribution in [1.29, 1.82) is 0 Å². The van der Waals surface area contributed by atoms with Crippen molar-refractivity contribution in [3.8, 4) is 0 Å². The third-order valence-corrected chi connectivity index (χ3v) is 7.30. The molecule has 0 spiro atoms. The van der Waals surface area contributed by atoms with E-state index in [2.05, 4.69) is 49.6 Å². The molecule has 1 saturated carbocycles. The van der Waals surface area contributed by atoms with Crippen molar-refractivity contribution < 1.29 is 4.74 Å². The molecule has 1 aromatic rings. The standard InChI is InChI=1S/C20H32N2OS/c1-13(2)20(23-4)9-10-24-16(12-20)11-14(3)17-7-8-18(15-5-6-15)22-19(17)21/h7-8,13-16H,5-6,9-12H2,1-4H3,(H2,21,22). The Morgan fingerprint density at radius 2 is 2.08 bits per heavy atom. The van der Waals surface area contributed by atoms with Crippen LogP contribution in [0, 0.1) is 5.92 Å². The number of methoxy groups -OCH3 is 1. The maximum Gasteiger partial charge on any atom is 0.127 e. The van der Waals surface area contributed by atoms with Crippen LogP contribution in [-0.2, 0) is 4.74 Å². The van der Waals surface area contributed by atoms with Crippen LogP contribution in [0.15, 0.2) is 12.1 Å². The van der Waals surface area contributed by atoms with Crippen LogP contribution in [0.25, 0.3) is 0 Å². The summed E-state index contributed by atoms with van der Waals surface area (Å²) < 4.78 is 5.98. The molecule has 0 radical (unpaired) electrons. The van der Waals surface area contributed by atoms with Gasteiger partial charge in [-0.25, -0.2) is 4.98 Å². The van der Waals surface area contributed by atoms with Crippen LogP contribution in [0.3, 0.4) is 0 Å². The van der Waals surface area contributed by atoms with E-state index >= 15 is 0 Å². The molecule has 1 aromatic heterocycles. The van der Waals surface area contributed by atoms with E-state index in [1.807, 2.05) is 7.11 Å². The molecule has 2 N–H and O–H groups in total. The molecular formula is C20H32N2OS. The molecule has 1 saturated heterocycles. The van der Waals surface area contributed by atoms with Crippen LogP contribution in [0.2, 0.25) is 0 Å². The molecule has 134 valence electrons. The molecule has 0 aromatic carbocycles. The first-order valence-electron chi connectivity index (χ1n) is 9.38. The van der Waals surface area contributed by atoms with Crippen LogP contribution in [-0.4, -0.2) is 28.7 Å². The summed E-state index contributed by atoms with van der Waals surface area (Å²) in [5.74, 6) is 3.61. The summed E-state index contributed by atoms with van der Waals surface area (Å²) in [4.78, 5) is 4.67. The van der Waals surface area contributed by atoms with Gasteiger partial charge < -0.3 is 10.5 Å². The Morgan fingerprint density at radius 1 is 1.33 bits per heavy atom. The Labute approximate surface area is 151 Å². The number of rotatable bonds is 6. The number of pyridine rings is 1. The second kappa shape index (κ2) is 7.25. The summed E-state index contributed by atoms with van der Waals surface area (Å²) in [5, 5.41) is 0.638.